The van der Waals surface area contributed by atoms with Crippen molar-refractivity contribution in [2.75, 3.05) is 0 Å². The molecule has 8 rings (SSSR count). The molecule has 0 radical (unpaired) electrons. The molecule has 0 aliphatic rings. The third-order valence-electron chi connectivity index (χ3n) is 7.63. The molecule has 1 aromatic heterocycles. The highest BCUT2D eigenvalue weighted by molar-refractivity contribution is 7.25. The Kier molecular flexibility index (Phi) is 4.49. The Morgan fingerprint density at radius 1 is 0.324 bits per heavy atom. The van der Waals surface area contributed by atoms with Crippen LogP contribution in [0.5, 0.6) is 0 Å². The van der Waals surface area contributed by atoms with Crippen LogP contribution < -0.4 is 0 Å². The normalized spacial score (nSPS) is 11.8. The van der Waals surface area contributed by atoms with Gasteiger partial charge in [-0.15, -0.1) is 11.3 Å². The maximum absolute atomic E-state index is 2.37. The molecule has 8 aromatic rings. The minimum atomic E-state index is 1.24. The van der Waals surface area contributed by atoms with Crippen LogP contribution in [0.2, 0.25) is 0 Å². The van der Waals surface area contributed by atoms with Crippen molar-refractivity contribution in [2.45, 2.75) is 0 Å². The molecule has 172 valence electrons. The molecular formula is C36H22S. The van der Waals surface area contributed by atoms with Gasteiger partial charge in [0, 0.05) is 20.2 Å². The van der Waals surface area contributed by atoms with Crippen molar-refractivity contribution < 1.29 is 0 Å². The van der Waals surface area contributed by atoms with E-state index in [2.05, 4.69) is 133 Å². The molecule has 0 nitrogen and oxygen atoms in total. The third-order valence-corrected chi connectivity index (χ3v) is 8.78. The van der Waals surface area contributed by atoms with E-state index < -0.39 is 0 Å². The molecular weight excluding hydrogens is 464 g/mol. The van der Waals surface area contributed by atoms with E-state index in [1.165, 1.54) is 74.7 Å². The van der Waals surface area contributed by atoms with Crippen LogP contribution >= 0.6 is 11.3 Å². The van der Waals surface area contributed by atoms with Crippen LogP contribution in [0.1, 0.15) is 0 Å². The van der Waals surface area contributed by atoms with Gasteiger partial charge in [-0.3, -0.25) is 0 Å². The molecule has 7 aromatic carbocycles. The Morgan fingerprint density at radius 3 is 1.73 bits per heavy atom. The molecule has 0 amide bonds. The van der Waals surface area contributed by atoms with Gasteiger partial charge in [-0.2, -0.15) is 0 Å². The summed E-state index contributed by atoms with van der Waals surface area (Å²) in [6.45, 7) is 0. The van der Waals surface area contributed by atoms with Crippen LogP contribution in [0.25, 0.3) is 74.7 Å². The van der Waals surface area contributed by atoms with Crippen molar-refractivity contribution in [3.05, 3.63) is 133 Å². The first-order valence-electron chi connectivity index (χ1n) is 12.7. The van der Waals surface area contributed by atoms with Gasteiger partial charge in [0.15, 0.2) is 0 Å². The Labute approximate surface area is 219 Å². The van der Waals surface area contributed by atoms with Crippen LogP contribution in [0.4, 0.5) is 0 Å². The summed E-state index contributed by atoms with van der Waals surface area (Å²) in [6.07, 6.45) is 0. The Bertz CT molecular complexity index is 2140. The molecule has 0 aliphatic heterocycles. The van der Waals surface area contributed by atoms with Gasteiger partial charge in [0.1, 0.15) is 0 Å². The summed E-state index contributed by atoms with van der Waals surface area (Å²) < 4.78 is 2.69. The fourth-order valence-corrected chi connectivity index (χ4v) is 6.88. The van der Waals surface area contributed by atoms with Crippen LogP contribution in [0, 0.1) is 0 Å². The first-order valence-corrected chi connectivity index (χ1v) is 13.5. The molecule has 0 spiro atoms. The number of rotatable bonds is 2. The summed E-state index contributed by atoms with van der Waals surface area (Å²) >= 11 is 1.87. The second-order valence-electron chi connectivity index (χ2n) is 9.78. The van der Waals surface area contributed by atoms with Crippen LogP contribution in [-0.4, -0.2) is 0 Å². The highest BCUT2D eigenvalue weighted by Crippen LogP contribution is 2.38. The van der Waals surface area contributed by atoms with E-state index in [-0.39, 0.29) is 0 Å². The zero-order valence-electron chi connectivity index (χ0n) is 20.1. The van der Waals surface area contributed by atoms with Crippen LogP contribution in [0.15, 0.2) is 133 Å². The number of fused-ring (bicyclic) bond motifs is 8. The number of hydrogen-bond donors (Lipinski definition) is 0. The number of thiophene rings is 1. The molecule has 0 unspecified atom stereocenters. The Balaban J connectivity index is 1.30. The fourth-order valence-electron chi connectivity index (χ4n) is 5.79. The molecule has 1 heterocycles. The fraction of sp³-hybridized carbons (Fsp3) is 0. The first-order chi connectivity index (χ1) is 18.3. The van der Waals surface area contributed by atoms with E-state index in [0.717, 1.165) is 0 Å². The molecule has 0 N–H and O–H groups in total. The minimum Gasteiger partial charge on any atom is -0.135 e. The third kappa shape index (κ3) is 3.28. The van der Waals surface area contributed by atoms with E-state index in [9.17, 15) is 0 Å². The van der Waals surface area contributed by atoms with Gasteiger partial charge in [0.2, 0.25) is 0 Å². The van der Waals surface area contributed by atoms with Gasteiger partial charge in [-0.05, 0) is 84.9 Å². The molecule has 1 heteroatoms. The molecule has 0 fully saturated rings. The molecule has 0 aliphatic carbocycles. The van der Waals surface area contributed by atoms with E-state index in [4.69, 9.17) is 0 Å². The first kappa shape index (κ1) is 20.7. The maximum atomic E-state index is 2.37. The Hall–Kier alpha value is -4.46. The average molecular weight is 487 g/mol. The smallest absolute Gasteiger partial charge is 0.0355 e. The summed E-state index contributed by atoms with van der Waals surface area (Å²) in [5, 5.41) is 10.5. The zero-order valence-corrected chi connectivity index (χ0v) is 20.9. The Morgan fingerprint density at radius 2 is 0.892 bits per heavy atom. The van der Waals surface area contributed by atoms with Crippen molar-refractivity contribution in [1.29, 1.82) is 0 Å². The van der Waals surface area contributed by atoms with Crippen molar-refractivity contribution in [1.82, 2.24) is 0 Å². The zero-order chi connectivity index (χ0) is 24.3. The molecule has 0 saturated carbocycles. The molecule has 37 heavy (non-hydrogen) atoms. The predicted octanol–water partition coefficient (Wildman–Crippen LogP) is 10.8. The summed E-state index contributed by atoms with van der Waals surface area (Å²) in [5.74, 6) is 0. The SMILES string of the molecule is c1cc(-c2ccc3sc4ccccc4c3c2)cc(-c2ccc3ccc4ccc5ccccc5c4c3c2)c1. The standard InChI is InChI=1S/C36H22S/c1-2-9-30-23(6-1)12-15-25-16-13-24-14-17-28(21-32(24)36(25)30)26-7-5-8-27(20-26)29-18-19-35-33(22-29)31-10-3-4-11-34(31)37-35/h1-22H. The second kappa shape index (κ2) is 8.03. The molecule has 0 saturated heterocycles. The number of benzene rings is 7. The van der Waals surface area contributed by atoms with Crippen LogP contribution in [-0.2, 0) is 0 Å². The summed E-state index contributed by atoms with van der Waals surface area (Å²) in [5.41, 5.74) is 5.00. The van der Waals surface area contributed by atoms with E-state index in [1.807, 2.05) is 11.3 Å². The van der Waals surface area contributed by atoms with Gasteiger partial charge in [-0.25, -0.2) is 0 Å². The average Bonchev–Trinajstić information content (AvgIpc) is 3.34. The number of hydrogen-bond acceptors (Lipinski definition) is 1. The van der Waals surface area contributed by atoms with Crippen molar-refractivity contribution in [3.8, 4) is 22.3 Å². The van der Waals surface area contributed by atoms with Crippen molar-refractivity contribution in [3.63, 3.8) is 0 Å². The minimum absolute atomic E-state index is 1.24. The lowest BCUT2D eigenvalue weighted by Gasteiger charge is -2.11. The van der Waals surface area contributed by atoms with Crippen molar-refractivity contribution >= 4 is 63.8 Å². The van der Waals surface area contributed by atoms with E-state index in [0.29, 0.717) is 0 Å². The lowest BCUT2D eigenvalue weighted by molar-refractivity contribution is 1.62. The van der Waals surface area contributed by atoms with E-state index >= 15 is 0 Å². The topological polar surface area (TPSA) is 0 Å². The highest BCUT2D eigenvalue weighted by Gasteiger charge is 2.10. The summed E-state index contributed by atoms with van der Waals surface area (Å²) in [4.78, 5) is 0. The monoisotopic (exact) mass is 486 g/mol. The summed E-state index contributed by atoms with van der Waals surface area (Å²) in [7, 11) is 0. The molecule has 0 bridgehead atoms. The van der Waals surface area contributed by atoms with Crippen molar-refractivity contribution in [2.24, 2.45) is 0 Å². The van der Waals surface area contributed by atoms with Gasteiger partial charge in [0.25, 0.3) is 0 Å². The van der Waals surface area contributed by atoms with Gasteiger partial charge in [-0.1, -0.05) is 103 Å². The van der Waals surface area contributed by atoms with Crippen LogP contribution in [0.3, 0.4) is 0 Å². The largest absolute Gasteiger partial charge is 0.135 e. The lowest BCUT2D eigenvalue weighted by atomic mass is 9.93. The quantitative estimate of drug-likeness (QED) is 0.213. The van der Waals surface area contributed by atoms with Gasteiger partial charge in [0.05, 0.1) is 0 Å². The summed E-state index contributed by atoms with van der Waals surface area (Å²) in [6, 6.07) is 49.1. The van der Waals surface area contributed by atoms with Gasteiger partial charge >= 0.3 is 0 Å². The van der Waals surface area contributed by atoms with Gasteiger partial charge < -0.3 is 0 Å². The lowest BCUT2D eigenvalue weighted by Crippen LogP contribution is -1.85. The predicted molar refractivity (Wildman–Crippen MR) is 163 cm³/mol. The highest BCUT2D eigenvalue weighted by atomic mass is 32.1. The maximum Gasteiger partial charge on any atom is 0.0355 e. The van der Waals surface area contributed by atoms with E-state index in [1.54, 1.807) is 0 Å². The second-order valence-corrected chi connectivity index (χ2v) is 10.9. The molecule has 0 atom stereocenters.